The van der Waals surface area contributed by atoms with Crippen molar-refractivity contribution in [2.45, 2.75) is 13.0 Å². The van der Waals surface area contributed by atoms with E-state index in [1.165, 1.54) is 0 Å². The van der Waals surface area contributed by atoms with E-state index in [4.69, 9.17) is 0 Å². The van der Waals surface area contributed by atoms with Gasteiger partial charge in [-0.2, -0.15) is 0 Å². The molecule has 0 unspecified atom stereocenters. The van der Waals surface area contributed by atoms with E-state index < -0.39 is 0 Å². The Morgan fingerprint density at radius 1 is 1.75 bits per heavy atom. The van der Waals surface area contributed by atoms with Gasteiger partial charge in [-0.05, 0) is 0 Å². The van der Waals surface area contributed by atoms with Crippen molar-refractivity contribution >= 4 is 21.8 Å². The molecule has 0 spiro atoms. The van der Waals surface area contributed by atoms with Crippen LogP contribution in [0.4, 0.5) is 0 Å². The molecular weight excluding hydrogens is 222 g/mol. The number of H-pyrrole nitrogens is 1. The second kappa shape index (κ2) is 4.92. The van der Waals surface area contributed by atoms with E-state index in [-0.39, 0.29) is 5.91 Å². The number of rotatable bonds is 4. The zero-order chi connectivity index (χ0) is 8.81. The summed E-state index contributed by atoms with van der Waals surface area (Å²) in [6.07, 6.45) is 3.89. The van der Waals surface area contributed by atoms with Crippen molar-refractivity contribution < 1.29 is 4.79 Å². The Morgan fingerprint density at radius 2 is 2.58 bits per heavy atom. The lowest BCUT2D eigenvalue weighted by atomic mass is 10.4. The first-order chi connectivity index (χ1) is 5.83. The molecular formula is C7H10BrN3O. The number of amides is 1. The molecule has 0 aliphatic carbocycles. The average molecular weight is 232 g/mol. The van der Waals surface area contributed by atoms with Crippen LogP contribution >= 0.6 is 15.9 Å². The van der Waals surface area contributed by atoms with Gasteiger partial charge in [-0.3, -0.25) is 4.79 Å². The van der Waals surface area contributed by atoms with Crippen molar-refractivity contribution in [1.29, 1.82) is 0 Å². The van der Waals surface area contributed by atoms with Gasteiger partial charge in [-0.25, -0.2) is 4.98 Å². The van der Waals surface area contributed by atoms with Gasteiger partial charge in [-0.15, -0.1) is 0 Å². The number of aromatic amines is 1. The van der Waals surface area contributed by atoms with Crippen molar-refractivity contribution in [3.05, 3.63) is 18.2 Å². The van der Waals surface area contributed by atoms with E-state index in [1.54, 1.807) is 12.4 Å². The normalized spacial score (nSPS) is 9.75. The molecule has 0 aliphatic rings. The predicted molar refractivity (Wildman–Crippen MR) is 48.8 cm³/mol. The summed E-state index contributed by atoms with van der Waals surface area (Å²) in [5.41, 5.74) is 0. The third kappa shape index (κ3) is 3.04. The number of hydrogen-bond donors (Lipinski definition) is 2. The van der Waals surface area contributed by atoms with Crippen molar-refractivity contribution in [1.82, 2.24) is 15.3 Å². The smallest absolute Gasteiger partial charge is 0.221 e. The van der Waals surface area contributed by atoms with Crippen molar-refractivity contribution in [3.63, 3.8) is 0 Å². The maximum Gasteiger partial charge on any atom is 0.221 e. The highest BCUT2D eigenvalue weighted by Gasteiger charge is 1.99. The number of alkyl halides is 1. The summed E-state index contributed by atoms with van der Waals surface area (Å²) in [5.74, 6) is 0.807. The number of nitrogens with zero attached hydrogens (tertiary/aromatic N) is 1. The lowest BCUT2D eigenvalue weighted by molar-refractivity contribution is -0.120. The van der Waals surface area contributed by atoms with Gasteiger partial charge in [0.15, 0.2) is 0 Å². The molecule has 1 aromatic heterocycles. The lowest BCUT2D eigenvalue weighted by Gasteiger charge is -1.99. The Kier molecular flexibility index (Phi) is 3.79. The van der Waals surface area contributed by atoms with E-state index in [9.17, 15) is 4.79 Å². The number of nitrogens with one attached hydrogen (secondary N) is 2. The second-order valence-corrected chi connectivity index (χ2v) is 3.04. The zero-order valence-electron chi connectivity index (χ0n) is 6.51. The summed E-state index contributed by atoms with van der Waals surface area (Å²) >= 11 is 3.18. The van der Waals surface area contributed by atoms with Gasteiger partial charge in [0.1, 0.15) is 5.82 Å². The summed E-state index contributed by atoms with van der Waals surface area (Å²) in [7, 11) is 0. The minimum absolute atomic E-state index is 0.0308. The van der Waals surface area contributed by atoms with Gasteiger partial charge in [0.05, 0.1) is 6.54 Å². The van der Waals surface area contributed by atoms with Gasteiger partial charge in [-0.1, -0.05) is 15.9 Å². The third-order valence-corrected chi connectivity index (χ3v) is 1.73. The molecule has 1 aromatic rings. The monoisotopic (exact) mass is 231 g/mol. The van der Waals surface area contributed by atoms with Crippen LogP contribution in [-0.2, 0) is 11.3 Å². The fourth-order valence-corrected chi connectivity index (χ4v) is 1.11. The second-order valence-electron chi connectivity index (χ2n) is 2.25. The van der Waals surface area contributed by atoms with Crippen molar-refractivity contribution in [2.75, 3.05) is 5.33 Å². The Bertz CT molecular complexity index is 235. The fraction of sp³-hybridized carbons (Fsp3) is 0.429. The number of carbonyl (C=O) groups excluding carboxylic acids is 1. The minimum Gasteiger partial charge on any atom is -0.349 e. The summed E-state index contributed by atoms with van der Waals surface area (Å²) in [6, 6.07) is 0. The summed E-state index contributed by atoms with van der Waals surface area (Å²) < 4.78 is 0. The molecule has 0 fully saturated rings. The van der Waals surface area contributed by atoms with Gasteiger partial charge >= 0.3 is 0 Å². The molecule has 66 valence electrons. The zero-order valence-corrected chi connectivity index (χ0v) is 8.10. The Hall–Kier alpha value is -0.840. The summed E-state index contributed by atoms with van der Waals surface area (Å²) in [4.78, 5) is 17.8. The molecule has 1 rings (SSSR count). The lowest BCUT2D eigenvalue weighted by Crippen LogP contribution is -2.23. The molecule has 0 aliphatic heterocycles. The van der Waals surface area contributed by atoms with Gasteiger partial charge in [0.2, 0.25) is 5.91 Å². The molecule has 4 nitrogen and oxygen atoms in total. The Balaban J connectivity index is 2.22. The highest BCUT2D eigenvalue weighted by molar-refractivity contribution is 9.09. The fourth-order valence-electron chi connectivity index (χ4n) is 0.751. The maximum atomic E-state index is 11.0. The van der Waals surface area contributed by atoms with E-state index in [1.807, 2.05) is 0 Å². The van der Waals surface area contributed by atoms with E-state index in [0.717, 1.165) is 5.82 Å². The number of imidazole rings is 1. The van der Waals surface area contributed by atoms with Crippen LogP contribution in [0.25, 0.3) is 0 Å². The van der Waals surface area contributed by atoms with Crippen molar-refractivity contribution in [3.8, 4) is 0 Å². The molecule has 0 bridgehead atoms. The molecule has 0 saturated heterocycles. The molecule has 0 saturated carbocycles. The van der Waals surface area contributed by atoms with Crippen LogP contribution in [0.5, 0.6) is 0 Å². The van der Waals surface area contributed by atoms with Crippen LogP contribution in [0, 0.1) is 0 Å². The first kappa shape index (κ1) is 9.25. The molecule has 0 radical (unpaired) electrons. The molecule has 1 amide bonds. The van der Waals surface area contributed by atoms with E-state index in [0.29, 0.717) is 18.3 Å². The van der Waals surface area contributed by atoms with Crippen LogP contribution in [0.3, 0.4) is 0 Å². The van der Waals surface area contributed by atoms with Crippen LogP contribution in [-0.4, -0.2) is 21.2 Å². The number of halogens is 1. The largest absolute Gasteiger partial charge is 0.349 e. The highest BCUT2D eigenvalue weighted by atomic mass is 79.9. The van der Waals surface area contributed by atoms with Crippen LogP contribution in [0.1, 0.15) is 12.2 Å². The Morgan fingerprint density at radius 3 is 3.17 bits per heavy atom. The topological polar surface area (TPSA) is 57.8 Å². The standard InChI is InChI=1S/C7H10BrN3O/c8-2-1-7(12)11-5-6-9-3-4-10-6/h3-4H,1-2,5H2,(H,9,10)(H,11,12). The number of carbonyl (C=O) groups is 1. The SMILES string of the molecule is O=C(CCBr)NCc1ncc[nH]1. The molecule has 2 N–H and O–H groups in total. The first-order valence-electron chi connectivity index (χ1n) is 3.64. The highest BCUT2D eigenvalue weighted by Crippen LogP contribution is 1.90. The molecule has 12 heavy (non-hydrogen) atoms. The molecule has 1 heterocycles. The Labute approximate surface area is 78.9 Å². The van der Waals surface area contributed by atoms with Gasteiger partial charge in [0.25, 0.3) is 0 Å². The van der Waals surface area contributed by atoms with E-state index >= 15 is 0 Å². The van der Waals surface area contributed by atoms with Gasteiger partial charge < -0.3 is 10.3 Å². The number of hydrogen-bond acceptors (Lipinski definition) is 2. The maximum absolute atomic E-state index is 11.0. The van der Waals surface area contributed by atoms with E-state index in [2.05, 4.69) is 31.2 Å². The average Bonchev–Trinajstić information content (AvgIpc) is 2.53. The first-order valence-corrected chi connectivity index (χ1v) is 4.76. The molecule has 0 aromatic carbocycles. The van der Waals surface area contributed by atoms with Crippen LogP contribution in [0.15, 0.2) is 12.4 Å². The van der Waals surface area contributed by atoms with Crippen LogP contribution < -0.4 is 5.32 Å². The summed E-state index contributed by atoms with van der Waals surface area (Å²) in [5, 5.41) is 3.41. The summed E-state index contributed by atoms with van der Waals surface area (Å²) in [6.45, 7) is 0.471. The third-order valence-electron chi connectivity index (χ3n) is 1.33. The minimum atomic E-state index is 0.0308. The molecule has 0 atom stereocenters. The van der Waals surface area contributed by atoms with Gasteiger partial charge in [0, 0.05) is 24.1 Å². The quantitative estimate of drug-likeness (QED) is 0.754. The van der Waals surface area contributed by atoms with Crippen molar-refractivity contribution in [2.24, 2.45) is 0 Å². The predicted octanol–water partition coefficient (Wildman–Crippen LogP) is 0.811. The van der Waals surface area contributed by atoms with Crippen LogP contribution in [0.2, 0.25) is 0 Å². The number of aromatic nitrogens is 2. The molecule has 5 heteroatoms.